The van der Waals surface area contributed by atoms with Crippen molar-refractivity contribution in [2.75, 3.05) is 0 Å². The summed E-state index contributed by atoms with van der Waals surface area (Å²) in [6.45, 7) is 8.89. The summed E-state index contributed by atoms with van der Waals surface area (Å²) in [6, 6.07) is 0. The molecule has 0 spiro atoms. The van der Waals surface area contributed by atoms with Crippen LogP contribution < -0.4 is 0 Å². The molecule has 12 heavy (non-hydrogen) atoms. The molecule has 64 valence electrons. The Balaban J connectivity index is 4.25. The lowest BCUT2D eigenvalue weighted by Crippen LogP contribution is -1.88. The van der Waals surface area contributed by atoms with Crippen LogP contribution in [0.3, 0.4) is 0 Å². The topological polar surface area (TPSA) is 24.7 Å². The van der Waals surface area contributed by atoms with Gasteiger partial charge in [0.1, 0.15) is 0 Å². The number of allylic oxidation sites excluding steroid dienone is 3. The maximum atomic E-state index is 4.14. The first-order valence-electron chi connectivity index (χ1n) is 3.76. The van der Waals surface area contributed by atoms with Crippen LogP contribution in [0.4, 0.5) is 0 Å². The highest BCUT2D eigenvalue weighted by molar-refractivity contribution is 5.96. The molecule has 0 aromatic carbocycles. The van der Waals surface area contributed by atoms with E-state index in [1.165, 1.54) is 0 Å². The van der Waals surface area contributed by atoms with Gasteiger partial charge < -0.3 is 0 Å². The van der Waals surface area contributed by atoms with Gasteiger partial charge in [-0.1, -0.05) is 12.2 Å². The zero-order valence-corrected chi connectivity index (χ0v) is 7.40. The van der Waals surface area contributed by atoms with E-state index >= 15 is 0 Å². The van der Waals surface area contributed by atoms with E-state index in [2.05, 4.69) is 23.3 Å². The average Bonchev–Trinajstić information content (AvgIpc) is 2.06. The summed E-state index contributed by atoms with van der Waals surface area (Å²) in [4.78, 5) is 7.68. The summed E-state index contributed by atoms with van der Waals surface area (Å²) in [5, 5.41) is 0. The molecule has 0 radical (unpaired) electrons. The molecule has 0 saturated carbocycles. The van der Waals surface area contributed by atoms with Crippen LogP contribution in [0.2, 0.25) is 0 Å². The molecule has 0 bridgehead atoms. The van der Waals surface area contributed by atoms with E-state index in [9.17, 15) is 0 Å². The van der Waals surface area contributed by atoms with Gasteiger partial charge in [-0.3, -0.25) is 9.98 Å². The normalized spacial score (nSPS) is 12.6. The van der Waals surface area contributed by atoms with Gasteiger partial charge in [-0.05, 0) is 19.7 Å². The lowest BCUT2D eigenvalue weighted by Gasteiger charge is -1.91. The van der Waals surface area contributed by atoms with E-state index in [1.54, 1.807) is 12.4 Å². The molecule has 0 saturated heterocycles. The first kappa shape index (κ1) is 10.6. The van der Waals surface area contributed by atoms with E-state index in [1.807, 2.05) is 25.2 Å². The lowest BCUT2D eigenvalue weighted by molar-refractivity contribution is 1.40. The van der Waals surface area contributed by atoms with Crippen LogP contribution in [-0.4, -0.2) is 12.4 Å². The summed E-state index contributed by atoms with van der Waals surface area (Å²) < 4.78 is 0. The fourth-order valence-corrected chi connectivity index (χ4v) is 0.680. The van der Waals surface area contributed by atoms with Crippen LogP contribution in [0.5, 0.6) is 0 Å². The van der Waals surface area contributed by atoms with Crippen molar-refractivity contribution in [2.24, 2.45) is 9.98 Å². The van der Waals surface area contributed by atoms with Gasteiger partial charge in [-0.2, -0.15) is 0 Å². The Labute approximate surface area is 73.7 Å². The third kappa shape index (κ3) is 5.35. The van der Waals surface area contributed by atoms with Gasteiger partial charge in [-0.25, -0.2) is 0 Å². The van der Waals surface area contributed by atoms with Gasteiger partial charge >= 0.3 is 0 Å². The molecule has 0 aliphatic rings. The molecule has 0 amide bonds. The van der Waals surface area contributed by atoms with Crippen molar-refractivity contribution >= 4 is 12.4 Å². The predicted molar refractivity (Wildman–Crippen MR) is 55.8 cm³/mol. The number of aliphatic imine (C=N–C) groups is 2. The minimum atomic E-state index is 0.770. The highest BCUT2D eigenvalue weighted by Gasteiger charge is 1.86. The molecule has 0 atom stereocenters. The van der Waals surface area contributed by atoms with Gasteiger partial charge in [0.15, 0.2) is 0 Å². The fraction of sp³-hybridized carbons (Fsp3) is 0.200. The number of rotatable bonds is 5. The largest absolute Gasteiger partial charge is 0.271 e. The molecular weight excluding hydrogens is 148 g/mol. The second-order valence-corrected chi connectivity index (χ2v) is 2.09. The minimum Gasteiger partial charge on any atom is -0.271 e. The summed E-state index contributed by atoms with van der Waals surface area (Å²) in [5.74, 6) is 0. The van der Waals surface area contributed by atoms with Gasteiger partial charge in [0.2, 0.25) is 0 Å². The maximum absolute atomic E-state index is 4.14. The summed E-state index contributed by atoms with van der Waals surface area (Å²) in [5.41, 5.74) is 0.965. The van der Waals surface area contributed by atoms with E-state index in [0.29, 0.717) is 0 Å². The first-order chi connectivity index (χ1) is 5.85. The highest BCUT2D eigenvalue weighted by atomic mass is 14.7. The molecule has 2 heteroatoms. The van der Waals surface area contributed by atoms with Crippen LogP contribution in [0.1, 0.15) is 13.3 Å². The Morgan fingerprint density at radius 1 is 1.42 bits per heavy atom. The van der Waals surface area contributed by atoms with E-state index in [-0.39, 0.29) is 0 Å². The van der Waals surface area contributed by atoms with Crippen LogP contribution >= 0.6 is 0 Å². The number of nitrogens with zero attached hydrogens (tertiary/aromatic N) is 2. The number of hydrogen-bond acceptors (Lipinski definition) is 2. The Morgan fingerprint density at radius 2 is 2.17 bits per heavy atom. The third-order valence-corrected chi connectivity index (χ3v) is 1.12. The number of hydrogen-bond donors (Lipinski definition) is 0. The van der Waals surface area contributed by atoms with Crippen molar-refractivity contribution in [3.63, 3.8) is 0 Å². The zero-order valence-electron chi connectivity index (χ0n) is 7.40. The second kappa shape index (κ2) is 7.66. The third-order valence-electron chi connectivity index (χ3n) is 1.12. The molecule has 0 aliphatic carbocycles. The average molecular weight is 162 g/mol. The van der Waals surface area contributed by atoms with Crippen molar-refractivity contribution in [1.82, 2.24) is 0 Å². The molecule has 0 fully saturated rings. The van der Waals surface area contributed by atoms with Gasteiger partial charge in [0.25, 0.3) is 0 Å². The van der Waals surface area contributed by atoms with Crippen molar-refractivity contribution in [2.45, 2.75) is 13.3 Å². The van der Waals surface area contributed by atoms with E-state index in [4.69, 9.17) is 0 Å². The van der Waals surface area contributed by atoms with Gasteiger partial charge in [0.05, 0.1) is 0 Å². The smallest absolute Gasteiger partial charge is 0.0454 e. The Kier molecular flexibility index (Phi) is 6.74. The molecular formula is C10H14N2. The van der Waals surface area contributed by atoms with E-state index in [0.717, 1.165) is 12.1 Å². The summed E-state index contributed by atoms with van der Waals surface area (Å²) in [7, 11) is 0. The van der Waals surface area contributed by atoms with Crippen LogP contribution in [0, 0.1) is 0 Å². The van der Waals surface area contributed by atoms with Gasteiger partial charge in [-0.15, -0.1) is 6.58 Å². The summed E-state index contributed by atoms with van der Waals surface area (Å²) >= 11 is 0. The Hall–Kier alpha value is -1.44. The van der Waals surface area contributed by atoms with E-state index < -0.39 is 0 Å². The monoisotopic (exact) mass is 162 g/mol. The lowest BCUT2D eigenvalue weighted by atomic mass is 10.2. The zero-order chi connectivity index (χ0) is 9.23. The van der Waals surface area contributed by atoms with Crippen LogP contribution in [-0.2, 0) is 0 Å². The maximum Gasteiger partial charge on any atom is 0.0454 e. The quantitative estimate of drug-likeness (QED) is 0.438. The molecule has 2 nitrogen and oxygen atoms in total. The first-order valence-corrected chi connectivity index (χ1v) is 3.76. The summed E-state index contributed by atoms with van der Waals surface area (Å²) in [6.07, 6.45) is 9.63. The fourth-order valence-electron chi connectivity index (χ4n) is 0.680. The van der Waals surface area contributed by atoms with Crippen molar-refractivity contribution in [1.29, 1.82) is 0 Å². The molecule has 0 aromatic heterocycles. The Bertz CT molecular complexity index is 222. The Morgan fingerprint density at radius 3 is 2.67 bits per heavy atom. The molecule has 0 rings (SSSR count). The van der Waals surface area contributed by atoms with Crippen molar-refractivity contribution in [3.05, 3.63) is 37.2 Å². The second-order valence-electron chi connectivity index (χ2n) is 2.09. The van der Waals surface area contributed by atoms with Crippen molar-refractivity contribution < 1.29 is 0 Å². The van der Waals surface area contributed by atoms with Crippen LogP contribution in [0.25, 0.3) is 0 Å². The minimum absolute atomic E-state index is 0.770. The van der Waals surface area contributed by atoms with Crippen molar-refractivity contribution in [3.8, 4) is 0 Å². The molecule has 0 heterocycles. The standard InChI is InChI=1S/C10H14N2/c1-4-6-10(7-5-2)12-9-8-11-3/h4-5,7-9H,1,3,6H2,2H3/b7-5-,9-8-,12-10-. The molecule has 0 aromatic rings. The SMILES string of the molecule is C=CCC(/C=C\C)=N/C=C\N=C. The molecule has 0 unspecified atom stereocenters. The molecule has 0 aliphatic heterocycles. The van der Waals surface area contributed by atoms with Crippen LogP contribution in [0.15, 0.2) is 47.2 Å². The highest BCUT2D eigenvalue weighted by Crippen LogP contribution is 1.92. The molecule has 0 N–H and O–H groups in total. The predicted octanol–water partition coefficient (Wildman–Crippen LogP) is 2.75. The van der Waals surface area contributed by atoms with Gasteiger partial charge in [0, 0.05) is 24.5 Å².